The van der Waals surface area contributed by atoms with Crippen LogP contribution < -0.4 is 0 Å². The zero-order chi connectivity index (χ0) is 31.3. The fourth-order valence-corrected chi connectivity index (χ4v) is 8.72. The molecule has 0 aliphatic rings. The topological polar surface area (TPSA) is 51.8 Å². The van der Waals surface area contributed by atoms with Crippen molar-refractivity contribution in [2.45, 2.75) is 0 Å². The molecular weight excluding hydrogens is 607 g/mol. The van der Waals surface area contributed by atoms with Crippen LogP contribution in [-0.2, 0) is 0 Å². The average molecular weight is 630 g/mol. The fraction of sp³-hybridized carbons (Fsp3) is 0. The van der Waals surface area contributed by atoms with Gasteiger partial charge < -0.3 is 4.42 Å². The lowest BCUT2D eigenvalue weighted by Gasteiger charge is -2.15. The van der Waals surface area contributed by atoms with Crippen LogP contribution in [0.2, 0.25) is 0 Å². The van der Waals surface area contributed by atoms with Crippen molar-refractivity contribution in [2.24, 2.45) is 0 Å². The fourth-order valence-electron chi connectivity index (χ4n) is 7.49. The highest BCUT2D eigenvalue weighted by Crippen LogP contribution is 2.48. The molecule has 0 aliphatic heterocycles. The summed E-state index contributed by atoms with van der Waals surface area (Å²) in [5.41, 5.74) is 8.59. The van der Waals surface area contributed by atoms with Gasteiger partial charge in [0.2, 0.25) is 0 Å². The first-order chi connectivity index (χ1) is 23.8. The number of para-hydroxylation sites is 2. The molecule has 5 aromatic heterocycles. The number of thiophene rings is 1. The lowest BCUT2D eigenvalue weighted by Crippen LogP contribution is -1.93. The third kappa shape index (κ3) is 3.62. The minimum absolute atomic E-state index is 0.873. The summed E-state index contributed by atoms with van der Waals surface area (Å²) in [7, 11) is 0. The molecule has 0 bridgehead atoms. The van der Waals surface area contributed by atoms with Crippen molar-refractivity contribution >= 4 is 96.9 Å². The first-order valence-electron chi connectivity index (χ1n) is 16.0. The van der Waals surface area contributed by atoms with E-state index in [1.165, 1.54) is 25.6 Å². The number of nitrogens with zero attached hydrogens (tertiary/aromatic N) is 3. The summed E-state index contributed by atoms with van der Waals surface area (Å²) in [5.74, 6) is 0. The molecule has 0 atom stereocenters. The molecule has 0 saturated heterocycles. The first kappa shape index (κ1) is 26.0. The number of furan rings is 1. The van der Waals surface area contributed by atoms with E-state index in [0.29, 0.717) is 0 Å². The Kier molecular flexibility index (Phi) is 5.23. The molecule has 0 N–H and O–H groups in total. The largest absolute Gasteiger partial charge is 0.456 e. The summed E-state index contributed by atoms with van der Waals surface area (Å²) in [6.45, 7) is 0. The lowest BCUT2D eigenvalue weighted by atomic mass is 9.93. The van der Waals surface area contributed by atoms with Crippen LogP contribution in [0.3, 0.4) is 0 Å². The van der Waals surface area contributed by atoms with Crippen LogP contribution in [0, 0.1) is 0 Å². The molecule has 11 aromatic rings. The Morgan fingerprint density at radius 2 is 1.29 bits per heavy atom. The van der Waals surface area contributed by atoms with E-state index in [-0.39, 0.29) is 0 Å². The van der Waals surface area contributed by atoms with Crippen LogP contribution in [0.4, 0.5) is 0 Å². The van der Waals surface area contributed by atoms with Crippen molar-refractivity contribution in [1.82, 2.24) is 15.0 Å². The Labute approximate surface area is 277 Å². The molecule has 6 aromatic carbocycles. The lowest BCUT2D eigenvalue weighted by molar-refractivity contribution is 0.669. The number of hydrogen-bond donors (Lipinski definition) is 0. The van der Waals surface area contributed by atoms with Gasteiger partial charge in [-0.2, -0.15) is 0 Å². The highest BCUT2D eigenvalue weighted by atomic mass is 32.1. The molecule has 11 rings (SSSR count). The minimum Gasteiger partial charge on any atom is -0.456 e. The molecule has 48 heavy (non-hydrogen) atoms. The van der Waals surface area contributed by atoms with Crippen molar-refractivity contribution in [1.29, 1.82) is 0 Å². The second-order valence-electron chi connectivity index (χ2n) is 12.3. The zero-order valence-corrected chi connectivity index (χ0v) is 26.3. The van der Waals surface area contributed by atoms with Gasteiger partial charge in [0, 0.05) is 75.2 Å². The molecule has 0 fully saturated rings. The molecule has 222 valence electrons. The normalized spacial score (nSPS) is 12.2. The SMILES string of the molecule is c1cnc2c(c1)ccc1ccc(-c3cc4c(-c5ccc6oc7ccccc7c6c5)nc5ccccc5c4c4c3sc3ccccc34)nc12. The van der Waals surface area contributed by atoms with Gasteiger partial charge in [0.05, 0.1) is 27.9 Å². The number of pyridine rings is 3. The molecule has 5 heteroatoms. The Morgan fingerprint density at radius 1 is 0.521 bits per heavy atom. The Morgan fingerprint density at radius 3 is 2.23 bits per heavy atom. The van der Waals surface area contributed by atoms with Crippen LogP contribution in [0.15, 0.2) is 144 Å². The van der Waals surface area contributed by atoms with Gasteiger partial charge in [-0.25, -0.2) is 9.97 Å². The van der Waals surface area contributed by atoms with E-state index >= 15 is 0 Å². The van der Waals surface area contributed by atoms with E-state index < -0.39 is 0 Å². The maximum absolute atomic E-state index is 6.21. The number of fused-ring (bicyclic) bond motifs is 13. The Balaban J connectivity index is 1.31. The second-order valence-corrected chi connectivity index (χ2v) is 13.4. The summed E-state index contributed by atoms with van der Waals surface area (Å²) in [4.78, 5) is 15.5. The standard InChI is InChI=1S/C43H23N3OS/c1-4-12-33-28(10-1)38-32(40(45-33)26-18-20-36-30(22-26)27-9-2-5-13-35(27)47-36)23-31(43-39(38)29-11-3-6-14-37(29)48-43)34-19-17-25-16-15-24-8-7-21-44-41(24)42(25)46-34/h1-23H. The number of aromatic nitrogens is 3. The number of rotatable bonds is 2. The van der Waals surface area contributed by atoms with Gasteiger partial charge in [0.1, 0.15) is 11.2 Å². The molecular formula is C43H23N3OS. The van der Waals surface area contributed by atoms with Gasteiger partial charge in [-0.1, -0.05) is 78.9 Å². The molecule has 0 saturated carbocycles. The molecule has 0 radical (unpaired) electrons. The van der Waals surface area contributed by atoms with E-state index in [0.717, 1.165) is 82.5 Å². The van der Waals surface area contributed by atoms with Crippen molar-refractivity contribution in [3.05, 3.63) is 140 Å². The van der Waals surface area contributed by atoms with Gasteiger partial charge in [0.25, 0.3) is 0 Å². The molecule has 0 amide bonds. The van der Waals surface area contributed by atoms with Crippen molar-refractivity contribution in [2.75, 3.05) is 0 Å². The molecule has 4 nitrogen and oxygen atoms in total. The quantitative estimate of drug-likeness (QED) is 0.179. The van der Waals surface area contributed by atoms with Crippen LogP contribution in [0.5, 0.6) is 0 Å². The Bertz CT molecular complexity index is 3140. The zero-order valence-electron chi connectivity index (χ0n) is 25.4. The van der Waals surface area contributed by atoms with Crippen LogP contribution in [0.25, 0.3) is 108 Å². The van der Waals surface area contributed by atoms with E-state index in [1.807, 2.05) is 35.7 Å². The molecule has 0 aliphatic carbocycles. The van der Waals surface area contributed by atoms with Crippen molar-refractivity contribution in [3.8, 4) is 22.5 Å². The molecule has 0 spiro atoms. The van der Waals surface area contributed by atoms with Gasteiger partial charge in [-0.3, -0.25) is 4.98 Å². The Hall–Kier alpha value is -6.17. The van der Waals surface area contributed by atoms with Gasteiger partial charge >= 0.3 is 0 Å². The highest BCUT2D eigenvalue weighted by Gasteiger charge is 2.21. The summed E-state index contributed by atoms with van der Waals surface area (Å²) >= 11 is 1.83. The monoisotopic (exact) mass is 629 g/mol. The van der Waals surface area contributed by atoms with E-state index in [9.17, 15) is 0 Å². The third-order valence-corrected chi connectivity index (χ3v) is 10.9. The predicted octanol–water partition coefficient (Wildman–Crippen LogP) is 12.1. The summed E-state index contributed by atoms with van der Waals surface area (Å²) < 4.78 is 8.68. The van der Waals surface area contributed by atoms with Crippen LogP contribution in [-0.4, -0.2) is 15.0 Å². The molecule has 0 unspecified atom stereocenters. The predicted molar refractivity (Wildman–Crippen MR) is 201 cm³/mol. The molecule has 5 heterocycles. The number of benzene rings is 6. The van der Waals surface area contributed by atoms with E-state index in [2.05, 4.69) is 115 Å². The maximum Gasteiger partial charge on any atom is 0.135 e. The highest BCUT2D eigenvalue weighted by molar-refractivity contribution is 7.26. The summed E-state index contributed by atoms with van der Waals surface area (Å²) in [5, 5.41) is 10.3. The van der Waals surface area contributed by atoms with E-state index in [1.54, 1.807) is 0 Å². The summed E-state index contributed by atoms with van der Waals surface area (Å²) in [6.07, 6.45) is 1.85. The van der Waals surface area contributed by atoms with Crippen molar-refractivity contribution in [3.63, 3.8) is 0 Å². The van der Waals surface area contributed by atoms with Gasteiger partial charge in [0.15, 0.2) is 0 Å². The minimum atomic E-state index is 0.873. The second kappa shape index (κ2) is 9.67. The maximum atomic E-state index is 6.21. The third-order valence-electron chi connectivity index (χ3n) is 9.67. The van der Waals surface area contributed by atoms with Gasteiger partial charge in [-0.05, 0) is 54.6 Å². The van der Waals surface area contributed by atoms with Crippen LogP contribution >= 0.6 is 11.3 Å². The average Bonchev–Trinajstić information content (AvgIpc) is 3.72. The first-order valence-corrected chi connectivity index (χ1v) is 16.8. The number of hydrogen-bond acceptors (Lipinski definition) is 5. The smallest absolute Gasteiger partial charge is 0.135 e. The van der Waals surface area contributed by atoms with Crippen LogP contribution in [0.1, 0.15) is 0 Å². The van der Waals surface area contributed by atoms with Crippen molar-refractivity contribution < 1.29 is 4.42 Å². The van der Waals surface area contributed by atoms with E-state index in [4.69, 9.17) is 19.4 Å². The van der Waals surface area contributed by atoms with Gasteiger partial charge in [-0.15, -0.1) is 11.3 Å². The summed E-state index contributed by atoms with van der Waals surface area (Å²) in [6, 6.07) is 46.9.